The highest BCUT2D eigenvalue weighted by Gasteiger charge is 2.31. The summed E-state index contributed by atoms with van der Waals surface area (Å²) in [4.78, 5) is 14.9. The van der Waals surface area contributed by atoms with Crippen LogP contribution in [0.4, 0.5) is 5.69 Å². The molecule has 1 aliphatic rings. The number of hydrogen-bond donors (Lipinski definition) is 2. The van der Waals surface area contributed by atoms with Gasteiger partial charge in [0.2, 0.25) is 0 Å². The zero-order valence-corrected chi connectivity index (χ0v) is 9.50. The molecule has 1 unspecified atom stereocenters. The van der Waals surface area contributed by atoms with E-state index in [4.69, 9.17) is 0 Å². The lowest BCUT2D eigenvalue weighted by molar-refractivity contribution is -0.378. The Labute approximate surface area is 104 Å². The van der Waals surface area contributed by atoms with E-state index in [0.717, 1.165) is 16.3 Å². The number of anilines is 1. The van der Waals surface area contributed by atoms with Gasteiger partial charge in [-0.25, -0.2) is 4.98 Å². The Morgan fingerprint density at radius 1 is 1.17 bits per heavy atom. The zero-order chi connectivity index (χ0) is 12.5. The van der Waals surface area contributed by atoms with Crippen molar-refractivity contribution in [1.82, 2.24) is 5.06 Å². The van der Waals surface area contributed by atoms with E-state index in [-0.39, 0.29) is 0 Å². The van der Waals surface area contributed by atoms with Gasteiger partial charge in [0.1, 0.15) is 0 Å². The summed E-state index contributed by atoms with van der Waals surface area (Å²) in [6.45, 7) is 0. The summed E-state index contributed by atoms with van der Waals surface area (Å²) in [7, 11) is 0. The fourth-order valence-corrected chi connectivity index (χ4v) is 2.05. The van der Waals surface area contributed by atoms with Crippen molar-refractivity contribution in [2.75, 3.05) is 5.32 Å². The number of pyridine rings is 1. The van der Waals surface area contributed by atoms with Crippen LogP contribution in [0.25, 0.3) is 0 Å². The molecule has 18 heavy (non-hydrogen) atoms. The number of H-pyrrole nitrogens is 1. The SMILES string of the molecule is O=C1c2ccccc2NC(c2cc[nH+]cc2)N1O. The van der Waals surface area contributed by atoms with Gasteiger partial charge >= 0.3 is 0 Å². The van der Waals surface area contributed by atoms with Crippen LogP contribution >= 0.6 is 0 Å². The van der Waals surface area contributed by atoms with Crippen LogP contribution in [0.5, 0.6) is 0 Å². The van der Waals surface area contributed by atoms with E-state index in [0.29, 0.717) is 5.56 Å². The molecule has 5 nitrogen and oxygen atoms in total. The molecule has 1 atom stereocenters. The first-order valence-electron chi connectivity index (χ1n) is 5.61. The highest BCUT2D eigenvalue weighted by molar-refractivity contribution is 6.00. The van der Waals surface area contributed by atoms with Crippen LogP contribution in [0.15, 0.2) is 48.8 Å². The van der Waals surface area contributed by atoms with Gasteiger partial charge in [-0.3, -0.25) is 10.0 Å². The number of carbonyl (C=O) groups excluding carboxylic acids is 1. The first-order valence-corrected chi connectivity index (χ1v) is 5.61. The largest absolute Gasteiger partial charge is 0.359 e. The first kappa shape index (κ1) is 10.7. The summed E-state index contributed by atoms with van der Waals surface area (Å²) in [5.74, 6) is -0.401. The first-order chi connectivity index (χ1) is 8.77. The minimum atomic E-state index is -0.568. The Balaban J connectivity index is 2.04. The second kappa shape index (κ2) is 4.12. The van der Waals surface area contributed by atoms with Crippen molar-refractivity contribution in [2.24, 2.45) is 0 Å². The van der Waals surface area contributed by atoms with Crippen molar-refractivity contribution in [1.29, 1.82) is 0 Å². The summed E-state index contributed by atoms with van der Waals surface area (Å²) >= 11 is 0. The van der Waals surface area contributed by atoms with Crippen molar-refractivity contribution >= 4 is 11.6 Å². The molecule has 90 valence electrons. The number of para-hydroxylation sites is 1. The molecule has 1 aromatic carbocycles. The van der Waals surface area contributed by atoms with Gasteiger partial charge < -0.3 is 5.32 Å². The Morgan fingerprint density at radius 2 is 1.89 bits per heavy atom. The summed E-state index contributed by atoms with van der Waals surface area (Å²) in [5.41, 5.74) is 2.00. The topological polar surface area (TPSA) is 66.7 Å². The molecule has 0 spiro atoms. The minimum absolute atomic E-state index is 0.401. The minimum Gasteiger partial charge on any atom is -0.359 e. The number of carbonyl (C=O) groups is 1. The van der Waals surface area contributed by atoms with Crippen LogP contribution in [0.3, 0.4) is 0 Å². The fraction of sp³-hybridized carbons (Fsp3) is 0.0769. The molecule has 0 fully saturated rings. The third-order valence-corrected chi connectivity index (χ3v) is 2.96. The van der Waals surface area contributed by atoms with E-state index in [9.17, 15) is 10.0 Å². The monoisotopic (exact) mass is 242 g/mol. The number of benzene rings is 1. The van der Waals surface area contributed by atoms with E-state index < -0.39 is 12.1 Å². The number of aromatic nitrogens is 1. The van der Waals surface area contributed by atoms with Crippen LogP contribution in [0.2, 0.25) is 0 Å². The Kier molecular flexibility index (Phi) is 2.46. The molecule has 5 heteroatoms. The molecule has 0 saturated heterocycles. The lowest BCUT2D eigenvalue weighted by atomic mass is 10.1. The Hall–Kier alpha value is -2.40. The molecular weight excluding hydrogens is 230 g/mol. The number of fused-ring (bicyclic) bond motifs is 1. The molecule has 0 aliphatic carbocycles. The van der Waals surface area contributed by atoms with Gasteiger partial charge in [-0.1, -0.05) is 12.1 Å². The molecule has 3 N–H and O–H groups in total. The Morgan fingerprint density at radius 3 is 2.67 bits per heavy atom. The number of amides is 1. The van der Waals surface area contributed by atoms with E-state index in [2.05, 4.69) is 10.3 Å². The van der Waals surface area contributed by atoms with Crippen molar-refractivity contribution in [2.45, 2.75) is 6.17 Å². The zero-order valence-electron chi connectivity index (χ0n) is 9.50. The van der Waals surface area contributed by atoms with Gasteiger partial charge in [-0.2, -0.15) is 5.06 Å². The van der Waals surface area contributed by atoms with Crippen LogP contribution in [0, 0.1) is 0 Å². The summed E-state index contributed by atoms with van der Waals surface area (Å²) in [5, 5.41) is 13.8. The third kappa shape index (κ3) is 1.61. The molecule has 1 aliphatic heterocycles. The molecular formula is C13H12N3O2+. The van der Waals surface area contributed by atoms with E-state index >= 15 is 0 Å². The highest BCUT2D eigenvalue weighted by atomic mass is 16.5. The van der Waals surface area contributed by atoms with E-state index in [1.54, 1.807) is 24.5 Å². The Bertz CT molecular complexity index is 586. The molecule has 3 rings (SSSR count). The molecule has 0 saturated carbocycles. The van der Waals surface area contributed by atoms with Crippen LogP contribution in [0.1, 0.15) is 22.1 Å². The van der Waals surface area contributed by atoms with Crippen LogP contribution in [-0.2, 0) is 0 Å². The molecule has 0 bridgehead atoms. The maximum atomic E-state index is 12.0. The third-order valence-electron chi connectivity index (χ3n) is 2.96. The van der Waals surface area contributed by atoms with Crippen LogP contribution < -0.4 is 10.3 Å². The number of aromatic amines is 1. The van der Waals surface area contributed by atoms with Gasteiger partial charge in [-0.15, -0.1) is 0 Å². The predicted molar refractivity (Wildman–Crippen MR) is 63.8 cm³/mol. The number of nitrogens with one attached hydrogen (secondary N) is 2. The lowest BCUT2D eigenvalue weighted by Gasteiger charge is -2.33. The number of rotatable bonds is 1. The summed E-state index contributed by atoms with van der Waals surface area (Å²) in [6, 6.07) is 10.7. The number of nitrogens with zero attached hydrogens (tertiary/aromatic N) is 1. The molecule has 0 radical (unpaired) electrons. The second-order valence-electron chi connectivity index (χ2n) is 4.08. The van der Waals surface area contributed by atoms with Crippen molar-refractivity contribution in [3.05, 3.63) is 59.9 Å². The van der Waals surface area contributed by atoms with Crippen molar-refractivity contribution < 1.29 is 15.0 Å². The normalized spacial score (nSPS) is 18.2. The maximum absolute atomic E-state index is 12.0. The van der Waals surface area contributed by atoms with E-state index in [1.165, 1.54) is 0 Å². The van der Waals surface area contributed by atoms with E-state index in [1.807, 2.05) is 24.3 Å². The van der Waals surface area contributed by atoms with Gasteiger partial charge in [0.25, 0.3) is 5.91 Å². The predicted octanol–water partition coefficient (Wildman–Crippen LogP) is 1.46. The smallest absolute Gasteiger partial charge is 0.281 e. The molecule has 2 aromatic rings. The van der Waals surface area contributed by atoms with Crippen LogP contribution in [-0.4, -0.2) is 16.2 Å². The molecule has 1 aromatic heterocycles. The molecule has 1 amide bonds. The number of hydroxylamine groups is 2. The number of hydrogen-bond acceptors (Lipinski definition) is 3. The fourth-order valence-electron chi connectivity index (χ4n) is 2.05. The van der Waals surface area contributed by atoms with Gasteiger partial charge in [0, 0.05) is 23.4 Å². The van der Waals surface area contributed by atoms with Gasteiger partial charge in [0.05, 0.1) is 5.56 Å². The lowest BCUT2D eigenvalue weighted by Crippen LogP contribution is -2.40. The average molecular weight is 242 g/mol. The second-order valence-corrected chi connectivity index (χ2v) is 4.08. The quantitative estimate of drug-likeness (QED) is 0.744. The average Bonchev–Trinajstić information content (AvgIpc) is 2.44. The highest BCUT2D eigenvalue weighted by Crippen LogP contribution is 2.30. The standard InChI is InChI=1S/C13H11N3O2/c17-13-10-3-1-2-4-11(10)15-12(16(13)18)9-5-7-14-8-6-9/h1-8,12,15,18H/p+1. The van der Waals surface area contributed by atoms with Crippen molar-refractivity contribution in [3.8, 4) is 0 Å². The maximum Gasteiger partial charge on any atom is 0.281 e. The van der Waals surface area contributed by atoms with Gasteiger partial charge in [0.15, 0.2) is 18.6 Å². The summed E-state index contributed by atoms with van der Waals surface area (Å²) in [6.07, 6.45) is 2.92. The molecule has 2 heterocycles. The van der Waals surface area contributed by atoms with Crippen molar-refractivity contribution in [3.63, 3.8) is 0 Å². The van der Waals surface area contributed by atoms with Gasteiger partial charge in [-0.05, 0) is 12.1 Å². The summed E-state index contributed by atoms with van der Waals surface area (Å²) < 4.78 is 0.